The largest absolute Gasteiger partial charge is 0.0654 e. The fourth-order valence-corrected chi connectivity index (χ4v) is 1.17. The van der Waals surface area contributed by atoms with Crippen molar-refractivity contribution in [2.45, 2.75) is 71.5 Å². The van der Waals surface area contributed by atoms with Crippen LogP contribution in [0.4, 0.5) is 0 Å². The van der Waals surface area contributed by atoms with Crippen LogP contribution < -0.4 is 0 Å². The molecule has 0 aromatic rings. The van der Waals surface area contributed by atoms with Crippen molar-refractivity contribution in [2.75, 3.05) is 0 Å². The predicted molar refractivity (Wildman–Crippen MR) is 52.9 cm³/mol. The van der Waals surface area contributed by atoms with Crippen molar-refractivity contribution in [2.24, 2.45) is 0 Å². The minimum atomic E-state index is -2.48. The highest BCUT2D eigenvalue weighted by molar-refractivity contribution is 4.44. The zero-order valence-electron chi connectivity index (χ0n) is 12.7. The third-order valence-electron chi connectivity index (χ3n) is 1.91. The second-order valence-electron chi connectivity index (χ2n) is 3.05. The summed E-state index contributed by atoms with van der Waals surface area (Å²) in [6, 6.07) is 0. The van der Waals surface area contributed by atoms with E-state index in [1.165, 1.54) is 25.7 Å². The lowest BCUT2D eigenvalue weighted by Gasteiger charge is -1.98. The fourth-order valence-electron chi connectivity index (χ4n) is 1.17. The summed E-state index contributed by atoms with van der Waals surface area (Å²) in [6.07, 6.45) is 5.76. The minimum Gasteiger partial charge on any atom is -0.0654 e. The Balaban J connectivity index is 3.51. The Kier molecular flexibility index (Phi) is 4.44. The molecule has 0 aliphatic heterocycles. The molecule has 0 heteroatoms. The van der Waals surface area contributed by atoms with Crippen molar-refractivity contribution in [3.8, 4) is 0 Å². The zero-order chi connectivity index (χ0) is 12.7. The Labute approximate surface area is 79.4 Å². The summed E-state index contributed by atoms with van der Waals surface area (Å²) in [5, 5.41) is 0. The molecule has 0 radical (unpaired) electrons. The maximum Gasteiger partial charge on any atom is 0.0264 e. The van der Waals surface area contributed by atoms with Crippen molar-refractivity contribution in [1.82, 2.24) is 0 Å². The van der Waals surface area contributed by atoms with Crippen LogP contribution in [-0.2, 0) is 0 Å². The predicted octanol–water partition coefficient (Wildman–Crippen LogP) is 4.54. The summed E-state index contributed by atoms with van der Waals surface area (Å²) in [6.45, 7) is -0.305. The van der Waals surface area contributed by atoms with Gasteiger partial charge in [-0.1, -0.05) is 71.5 Å². The zero-order valence-corrected chi connectivity index (χ0v) is 7.66. The Morgan fingerprint density at radius 3 is 2.00 bits per heavy atom. The van der Waals surface area contributed by atoms with E-state index in [4.69, 9.17) is 6.85 Å². The highest BCUT2D eigenvalue weighted by Crippen LogP contribution is 2.08. The highest BCUT2D eigenvalue weighted by atomic mass is 13.9. The molecule has 0 aliphatic rings. The van der Waals surface area contributed by atoms with E-state index in [0.29, 0.717) is 6.42 Å². The van der Waals surface area contributed by atoms with Crippen LogP contribution in [-0.4, -0.2) is 0 Å². The van der Waals surface area contributed by atoms with E-state index < -0.39 is 13.2 Å². The quantitative estimate of drug-likeness (QED) is 0.459. The average Bonchev–Trinajstić information content (AvgIpc) is 2.14. The van der Waals surface area contributed by atoms with Crippen LogP contribution in [0.15, 0.2) is 0 Å². The fraction of sp³-hybridized carbons (Fsp3) is 1.00. The molecular weight excluding hydrogens is 132 g/mol. The molecule has 0 saturated carbocycles. The summed E-state index contributed by atoms with van der Waals surface area (Å²) in [4.78, 5) is 0. The smallest absolute Gasteiger partial charge is 0.0264 e. The molecule has 0 fully saturated rings. The molecule has 11 heavy (non-hydrogen) atoms. The first-order chi connectivity index (χ1) is 7.31. The molecule has 0 atom stereocenters. The van der Waals surface area contributed by atoms with Gasteiger partial charge in [-0.3, -0.25) is 0 Å². The number of unbranched alkanes of at least 4 members (excludes halogenated alkanes) is 6. The van der Waals surface area contributed by atoms with Crippen molar-refractivity contribution in [3.63, 3.8) is 0 Å². The molecule has 68 valence electrons. The van der Waals surface area contributed by atoms with Crippen molar-refractivity contribution in [3.05, 3.63) is 0 Å². The van der Waals surface area contributed by atoms with Crippen LogP contribution in [0.2, 0.25) is 0 Å². The number of hydrogen-bond acceptors (Lipinski definition) is 0. The van der Waals surface area contributed by atoms with Crippen LogP contribution >= 0.6 is 0 Å². The standard InChI is InChI=1S/C11H24/c1-3-5-7-9-11-10-8-6-4-2/h3-11H2,1-2H3/i1D3,3D2. The lowest BCUT2D eigenvalue weighted by molar-refractivity contribution is 0.572. The van der Waals surface area contributed by atoms with E-state index in [0.717, 1.165) is 12.8 Å². The van der Waals surface area contributed by atoms with E-state index >= 15 is 0 Å². The van der Waals surface area contributed by atoms with Gasteiger partial charge in [-0.25, -0.2) is 0 Å². The van der Waals surface area contributed by atoms with E-state index in [2.05, 4.69) is 6.92 Å². The van der Waals surface area contributed by atoms with Gasteiger partial charge in [0.15, 0.2) is 0 Å². The lowest BCUT2D eigenvalue weighted by atomic mass is 10.1. The maximum atomic E-state index is 7.43. The summed E-state index contributed by atoms with van der Waals surface area (Å²) >= 11 is 0. The first-order valence-corrected chi connectivity index (χ1v) is 4.81. The number of hydrogen-bond donors (Lipinski definition) is 0. The Hall–Kier alpha value is 0. The van der Waals surface area contributed by atoms with E-state index in [1.54, 1.807) is 0 Å². The summed E-state index contributed by atoms with van der Waals surface area (Å²) < 4.78 is 36.0. The van der Waals surface area contributed by atoms with Gasteiger partial charge in [0, 0.05) is 6.85 Å². The molecule has 0 rings (SSSR count). The van der Waals surface area contributed by atoms with E-state index in [1.807, 2.05) is 0 Å². The molecule has 0 aromatic carbocycles. The molecule has 0 saturated heterocycles. The molecule has 0 bridgehead atoms. The molecule has 0 aromatic heterocycles. The van der Waals surface area contributed by atoms with E-state index in [-0.39, 0.29) is 6.42 Å². The summed E-state index contributed by atoms with van der Waals surface area (Å²) in [5.41, 5.74) is 0. The van der Waals surface area contributed by atoms with Crippen LogP contribution in [0.25, 0.3) is 0 Å². The third-order valence-corrected chi connectivity index (χ3v) is 1.91. The first kappa shape index (κ1) is 4.89. The van der Waals surface area contributed by atoms with Gasteiger partial charge < -0.3 is 0 Å². The SMILES string of the molecule is [2H]C([2H])([2H])C([2H])([2H])CCCCCCCCC. The second kappa shape index (κ2) is 10.0. The molecule has 0 aliphatic carbocycles. The van der Waals surface area contributed by atoms with Crippen molar-refractivity contribution < 1.29 is 6.85 Å². The van der Waals surface area contributed by atoms with Gasteiger partial charge in [-0.15, -0.1) is 0 Å². The molecule has 0 nitrogen and oxygen atoms in total. The molecular formula is C11H24. The Morgan fingerprint density at radius 1 is 0.909 bits per heavy atom. The topological polar surface area (TPSA) is 0 Å². The van der Waals surface area contributed by atoms with Gasteiger partial charge in [-0.05, 0) is 0 Å². The molecule has 0 N–H and O–H groups in total. The van der Waals surface area contributed by atoms with Crippen molar-refractivity contribution >= 4 is 0 Å². The maximum absolute atomic E-state index is 7.43. The van der Waals surface area contributed by atoms with Crippen LogP contribution in [0.3, 0.4) is 0 Å². The average molecular weight is 161 g/mol. The van der Waals surface area contributed by atoms with E-state index in [9.17, 15) is 0 Å². The number of rotatable bonds is 8. The van der Waals surface area contributed by atoms with Gasteiger partial charge in [0.25, 0.3) is 0 Å². The third kappa shape index (κ3) is 10.0. The molecule has 0 amide bonds. The lowest BCUT2D eigenvalue weighted by Crippen LogP contribution is -1.79. The molecule has 0 spiro atoms. The Morgan fingerprint density at radius 2 is 1.45 bits per heavy atom. The second-order valence-corrected chi connectivity index (χ2v) is 3.05. The minimum absolute atomic E-state index is 0.150. The van der Waals surface area contributed by atoms with Gasteiger partial charge in [-0.2, -0.15) is 0 Å². The van der Waals surface area contributed by atoms with Crippen LogP contribution in [0, 0.1) is 0 Å². The van der Waals surface area contributed by atoms with Crippen LogP contribution in [0.1, 0.15) is 78.4 Å². The molecule has 0 heterocycles. The monoisotopic (exact) mass is 161 g/mol. The van der Waals surface area contributed by atoms with Crippen LogP contribution in [0.5, 0.6) is 0 Å². The van der Waals surface area contributed by atoms with Gasteiger partial charge in [0.2, 0.25) is 0 Å². The Bertz CT molecular complexity index is 174. The van der Waals surface area contributed by atoms with Crippen molar-refractivity contribution in [1.29, 1.82) is 0 Å². The first-order valence-electron chi connectivity index (χ1n) is 7.31. The van der Waals surface area contributed by atoms with Gasteiger partial charge >= 0.3 is 0 Å². The molecule has 0 unspecified atom stereocenters. The van der Waals surface area contributed by atoms with Gasteiger partial charge in [0.05, 0.1) is 0 Å². The summed E-state index contributed by atoms with van der Waals surface area (Å²) in [7, 11) is 0. The van der Waals surface area contributed by atoms with Gasteiger partial charge in [0.1, 0.15) is 0 Å². The summed E-state index contributed by atoms with van der Waals surface area (Å²) in [5.74, 6) is 0. The highest BCUT2D eigenvalue weighted by Gasteiger charge is 1.88. The normalized spacial score (nSPS) is 19.5.